The highest BCUT2D eigenvalue weighted by molar-refractivity contribution is 9.10. The first kappa shape index (κ1) is 12.6. The quantitative estimate of drug-likeness (QED) is 0.696. The van der Waals surface area contributed by atoms with Crippen LogP contribution in [0.4, 0.5) is 11.4 Å². The van der Waals surface area contributed by atoms with Crippen molar-refractivity contribution in [3.8, 4) is 0 Å². The van der Waals surface area contributed by atoms with Crippen LogP contribution in [0.1, 0.15) is 5.56 Å². The van der Waals surface area contributed by atoms with Crippen molar-refractivity contribution in [3.05, 3.63) is 50.7 Å². The van der Waals surface area contributed by atoms with Crippen LogP contribution < -0.4 is 5.32 Å². The first-order chi connectivity index (χ1) is 8.56. The normalized spacial score (nSPS) is 10.3. The van der Waals surface area contributed by atoms with Gasteiger partial charge in [-0.25, -0.2) is 0 Å². The molecule has 0 saturated carbocycles. The minimum absolute atomic E-state index is 0.0573. The highest BCUT2D eigenvalue weighted by atomic mass is 79.9. The Labute approximate surface area is 112 Å². The smallest absolute Gasteiger partial charge is 0.283 e. The lowest BCUT2D eigenvalue weighted by Crippen LogP contribution is -1.99. The molecule has 0 bridgehead atoms. The Morgan fingerprint density at radius 2 is 2.33 bits per heavy atom. The second-order valence-corrected chi connectivity index (χ2v) is 4.65. The van der Waals surface area contributed by atoms with Gasteiger partial charge in [0.05, 0.1) is 15.6 Å². The summed E-state index contributed by atoms with van der Waals surface area (Å²) < 4.78 is 2.19. The molecule has 94 valence electrons. The van der Waals surface area contributed by atoms with Crippen LogP contribution in [0.5, 0.6) is 0 Å². The van der Waals surface area contributed by atoms with Crippen LogP contribution in [-0.4, -0.2) is 14.7 Å². The largest absolute Gasteiger partial charge is 0.381 e. The number of aryl methyl sites for hydroxylation is 1. The van der Waals surface area contributed by atoms with E-state index in [1.807, 2.05) is 13.2 Å². The summed E-state index contributed by atoms with van der Waals surface area (Å²) in [4.78, 5) is 10.2. The molecular formula is C11H11BrN4O2. The summed E-state index contributed by atoms with van der Waals surface area (Å²) >= 11 is 3.18. The van der Waals surface area contributed by atoms with E-state index in [0.717, 1.165) is 11.3 Å². The molecule has 2 aromatic rings. The highest BCUT2D eigenvalue weighted by Gasteiger charge is 2.11. The van der Waals surface area contributed by atoms with Gasteiger partial charge in [0, 0.05) is 37.1 Å². The maximum atomic E-state index is 10.7. The molecule has 7 heteroatoms. The fraction of sp³-hybridized carbons (Fsp3) is 0.182. The van der Waals surface area contributed by atoms with Crippen molar-refractivity contribution in [2.24, 2.45) is 7.05 Å². The van der Waals surface area contributed by atoms with Crippen LogP contribution in [0.2, 0.25) is 0 Å². The van der Waals surface area contributed by atoms with E-state index in [4.69, 9.17) is 0 Å². The number of benzene rings is 1. The van der Waals surface area contributed by atoms with Gasteiger partial charge in [0.2, 0.25) is 0 Å². The molecule has 0 atom stereocenters. The number of aromatic nitrogens is 2. The molecule has 0 saturated heterocycles. The van der Waals surface area contributed by atoms with Crippen LogP contribution in [0.25, 0.3) is 0 Å². The summed E-state index contributed by atoms with van der Waals surface area (Å²) in [5.41, 5.74) is 1.92. The number of nitrogens with one attached hydrogen (secondary N) is 1. The molecule has 0 fully saturated rings. The molecule has 0 amide bonds. The maximum Gasteiger partial charge on any atom is 0.283 e. The van der Waals surface area contributed by atoms with Crippen LogP contribution in [-0.2, 0) is 13.6 Å². The first-order valence-electron chi connectivity index (χ1n) is 5.21. The van der Waals surface area contributed by atoms with Crippen molar-refractivity contribution < 1.29 is 4.92 Å². The molecule has 6 nitrogen and oxygen atoms in total. The Morgan fingerprint density at radius 3 is 2.89 bits per heavy atom. The predicted octanol–water partition coefficient (Wildman–Crippen LogP) is 2.70. The average Bonchev–Trinajstić information content (AvgIpc) is 2.72. The Bertz CT molecular complexity index is 582. The van der Waals surface area contributed by atoms with Gasteiger partial charge in [-0.2, -0.15) is 5.10 Å². The molecule has 1 aromatic carbocycles. The molecule has 1 N–H and O–H groups in total. The molecule has 18 heavy (non-hydrogen) atoms. The Balaban J connectivity index is 2.06. The van der Waals surface area contributed by atoms with Gasteiger partial charge in [0.25, 0.3) is 5.69 Å². The van der Waals surface area contributed by atoms with Crippen molar-refractivity contribution in [2.45, 2.75) is 6.54 Å². The highest BCUT2D eigenvalue weighted by Crippen LogP contribution is 2.27. The maximum absolute atomic E-state index is 10.7. The van der Waals surface area contributed by atoms with Crippen molar-refractivity contribution in [1.82, 2.24) is 9.78 Å². The molecule has 1 aromatic heterocycles. The van der Waals surface area contributed by atoms with Crippen molar-refractivity contribution in [2.75, 3.05) is 5.32 Å². The number of anilines is 1. The SMILES string of the molecule is Cn1cc(CNc2ccc([N+](=O)[O-])c(Br)c2)cn1. The average molecular weight is 311 g/mol. The van der Waals surface area contributed by atoms with Gasteiger partial charge < -0.3 is 5.32 Å². The number of hydrogen-bond donors (Lipinski definition) is 1. The van der Waals surface area contributed by atoms with E-state index >= 15 is 0 Å². The third-order valence-corrected chi connectivity index (χ3v) is 3.03. The fourth-order valence-electron chi connectivity index (χ4n) is 1.53. The summed E-state index contributed by atoms with van der Waals surface area (Å²) in [6.45, 7) is 0.623. The molecule has 0 aliphatic heterocycles. The van der Waals surface area contributed by atoms with Gasteiger partial charge in [0.1, 0.15) is 0 Å². The van der Waals surface area contributed by atoms with Crippen molar-refractivity contribution in [3.63, 3.8) is 0 Å². The van der Waals surface area contributed by atoms with Gasteiger partial charge in [-0.3, -0.25) is 14.8 Å². The van der Waals surface area contributed by atoms with E-state index in [-0.39, 0.29) is 5.69 Å². The van der Waals surface area contributed by atoms with Crippen molar-refractivity contribution >= 4 is 27.3 Å². The Hall–Kier alpha value is -1.89. The van der Waals surface area contributed by atoms with Crippen LogP contribution in [0.3, 0.4) is 0 Å². The zero-order valence-electron chi connectivity index (χ0n) is 9.63. The molecule has 2 rings (SSSR count). The minimum Gasteiger partial charge on any atom is -0.381 e. The van der Waals surface area contributed by atoms with Crippen LogP contribution >= 0.6 is 15.9 Å². The molecular weight excluding hydrogens is 300 g/mol. The number of nitro groups is 1. The number of nitro benzene ring substituents is 1. The Morgan fingerprint density at radius 1 is 1.56 bits per heavy atom. The van der Waals surface area contributed by atoms with Gasteiger partial charge in [-0.05, 0) is 28.1 Å². The van der Waals surface area contributed by atoms with E-state index in [2.05, 4.69) is 26.3 Å². The lowest BCUT2D eigenvalue weighted by atomic mass is 10.2. The molecule has 0 spiro atoms. The third kappa shape index (κ3) is 2.86. The van der Waals surface area contributed by atoms with Crippen molar-refractivity contribution in [1.29, 1.82) is 0 Å². The van der Waals surface area contributed by atoms with Gasteiger partial charge in [-0.15, -0.1) is 0 Å². The third-order valence-electron chi connectivity index (χ3n) is 2.40. The van der Waals surface area contributed by atoms with Gasteiger partial charge in [-0.1, -0.05) is 0 Å². The Kier molecular flexibility index (Phi) is 3.61. The van der Waals surface area contributed by atoms with Crippen LogP contribution in [0, 0.1) is 10.1 Å². The molecule has 0 aliphatic carbocycles. The number of nitrogens with zero attached hydrogens (tertiary/aromatic N) is 3. The summed E-state index contributed by atoms with van der Waals surface area (Å²) in [5, 5.41) is 17.9. The number of rotatable bonds is 4. The van der Waals surface area contributed by atoms with E-state index in [1.165, 1.54) is 6.07 Å². The van der Waals surface area contributed by atoms with Crippen LogP contribution in [0.15, 0.2) is 35.1 Å². The monoisotopic (exact) mass is 310 g/mol. The lowest BCUT2D eigenvalue weighted by Gasteiger charge is -2.05. The van der Waals surface area contributed by atoms with E-state index in [0.29, 0.717) is 11.0 Å². The predicted molar refractivity (Wildman–Crippen MR) is 71.3 cm³/mol. The number of halogens is 1. The van der Waals surface area contributed by atoms with E-state index < -0.39 is 4.92 Å². The summed E-state index contributed by atoms with van der Waals surface area (Å²) in [5.74, 6) is 0. The topological polar surface area (TPSA) is 73.0 Å². The minimum atomic E-state index is -0.422. The lowest BCUT2D eigenvalue weighted by molar-refractivity contribution is -0.385. The molecule has 1 heterocycles. The first-order valence-corrected chi connectivity index (χ1v) is 6.01. The zero-order chi connectivity index (χ0) is 13.1. The summed E-state index contributed by atoms with van der Waals surface area (Å²) in [6, 6.07) is 4.84. The van der Waals surface area contributed by atoms with E-state index in [9.17, 15) is 10.1 Å². The fourth-order valence-corrected chi connectivity index (χ4v) is 2.06. The van der Waals surface area contributed by atoms with Gasteiger partial charge in [0.15, 0.2) is 0 Å². The van der Waals surface area contributed by atoms with E-state index in [1.54, 1.807) is 23.0 Å². The molecule has 0 aliphatic rings. The second kappa shape index (κ2) is 5.18. The second-order valence-electron chi connectivity index (χ2n) is 3.80. The zero-order valence-corrected chi connectivity index (χ0v) is 11.2. The molecule has 0 unspecified atom stereocenters. The summed E-state index contributed by atoms with van der Waals surface area (Å²) in [6.07, 6.45) is 3.68. The molecule has 0 radical (unpaired) electrons. The number of hydrogen-bond acceptors (Lipinski definition) is 4. The summed E-state index contributed by atoms with van der Waals surface area (Å²) in [7, 11) is 1.85. The van der Waals surface area contributed by atoms with Gasteiger partial charge >= 0.3 is 0 Å². The standard InChI is InChI=1S/C11H11BrN4O2/c1-15-7-8(6-14-15)5-13-9-2-3-11(16(17)18)10(12)4-9/h2-4,6-7,13H,5H2,1H3.